The number of benzene rings is 1. The summed E-state index contributed by atoms with van der Waals surface area (Å²) in [6.07, 6.45) is 4.87. The van der Waals surface area contributed by atoms with Gasteiger partial charge < -0.3 is 25.0 Å². The summed E-state index contributed by atoms with van der Waals surface area (Å²) in [7, 11) is 5.18. The fraction of sp³-hybridized carbons (Fsp3) is 0.632. The molecule has 1 heterocycles. The predicted octanol–water partition coefficient (Wildman–Crippen LogP) is 1.90. The molecule has 1 saturated heterocycles. The molecule has 0 saturated carbocycles. The lowest BCUT2D eigenvalue weighted by molar-refractivity contribution is 0.232. The molecule has 140 valence electrons. The Hall–Kier alpha value is -1.95. The molecule has 2 N–H and O–H groups in total. The maximum Gasteiger partial charge on any atom is 0.191 e. The second-order valence-electron chi connectivity index (χ2n) is 6.26. The van der Waals surface area contributed by atoms with Gasteiger partial charge in [-0.3, -0.25) is 4.99 Å². The molecule has 1 aromatic carbocycles. The van der Waals surface area contributed by atoms with Gasteiger partial charge in [-0.1, -0.05) is 6.42 Å². The highest BCUT2D eigenvalue weighted by Crippen LogP contribution is 2.24. The Morgan fingerprint density at radius 1 is 1.08 bits per heavy atom. The van der Waals surface area contributed by atoms with Crippen LogP contribution in [0.25, 0.3) is 0 Å². The van der Waals surface area contributed by atoms with Gasteiger partial charge in [-0.2, -0.15) is 0 Å². The Labute approximate surface area is 151 Å². The number of piperidine rings is 1. The van der Waals surface area contributed by atoms with Crippen molar-refractivity contribution in [3.63, 3.8) is 0 Å². The standard InChI is InChI=1S/C19H32N4O2/c1-20-19(22-11-14-23-12-5-4-6-13-23)21-10-9-16-15-17(24-2)7-8-18(16)25-3/h7-8,15H,4-6,9-14H2,1-3H3,(H2,20,21,22). The molecule has 1 aliphatic rings. The molecule has 0 atom stereocenters. The summed E-state index contributed by atoms with van der Waals surface area (Å²) in [5, 5.41) is 6.76. The lowest BCUT2D eigenvalue weighted by atomic mass is 10.1. The molecule has 25 heavy (non-hydrogen) atoms. The first-order valence-corrected chi connectivity index (χ1v) is 9.14. The van der Waals surface area contributed by atoms with Crippen LogP contribution in [0.4, 0.5) is 0 Å². The van der Waals surface area contributed by atoms with Crippen molar-refractivity contribution in [3.05, 3.63) is 23.8 Å². The van der Waals surface area contributed by atoms with Crippen LogP contribution in [-0.2, 0) is 6.42 Å². The highest BCUT2D eigenvalue weighted by molar-refractivity contribution is 5.79. The molecule has 0 amide bonds. The number of hydrogen-bond donors (Lipinski definition) is 2. The summed E-state index contributed by atoms with van der Waals surface area (Å²) in [6.45, 7) is 5.23. The third kappa shape index (κ3) is 6.46. The Balaban J connectivity index is 1.73. The summed E-state index contributed by atoms with van der Waals surface area (Å²) in [5.41, 5.74) is 1.12. The van der Waals surface area contributed by atoms with E-state index < -0.39 is 0 Å². The van der Waals surface area contributed by atoms with Gasteiger partial charge in [0.15, 0.2) is 5.96 Å². The van der Waals surface area contributed by atoms with E-state index in [1.165, 1.54) is 32.4 Å². The maximum atomic E-state index is 5.43. The second-order valence-corrected chi connectivity index (χ2v) is 6.26. The van der Waals surface area contributed by atoms with Crippen molar-refractivity contribution in [2.75, 3.05) is 54.0 Å². The zero-order chi connectivity index (χ0) is 17.9. The van der Waals surface area contributed by atoms with Crippen molar-refractivity contribution in [1.29, 1.82) is 0 Å². The minimum absolute atomic E-state index is 0.785. The van der Waals surface area contributed by atoms with Gasteiger partial charge in [0.05, 0.1) is 14.2 Å². The maximum absolute atomic E-state index is 5.43. The number of likely N-dealkylation sites (tertiary alicyclic amines) is 1. The molecule has 0 spiro atoms. The molecular weight excluding hydrogens is 316 g/mol. The summed E-state index contributed by atoms with van der Waals surface area (Å²) in [4.78, 5) is 6.82. The predicted molar refractivity (Wildman–Crippen MR) is 103 cm³/mol. The van der Waals surface area contributed by atoms with Crippen LogP contribution in [0.3, 0.4) is 0 Å². The summed E-state index contributed by atoms with van der Waals surface area (Å²) >= 11 is 0. The first kappa shape index (κ1) is 19.4. The molecule has 0 aliphatic carbocycles. The number of ether oxygens (including phenoxy) is 2. The molecule has 0 unspecified atom stereocenters. The van der Waals surface area contributed by atoms with Gasteiger partial charge in [-0.15, -0.1) is 0 Å². The molecule has 1 aromatic rings. The van der Waals surface area contributed by atoms with Crippen LogP contribution in [0, 0.1) is 0 Å². The molecule has 2 rings (SSSR count). The van der Waals surface area contributed by atoms with Crippen molar-refractivity contribution >= 4 is 5.96 Å². The van der Waals surface area contributed by atoms with Gasteiger partial charge in [-0.05, 0) is 56.1 Å². The number of guanidine groups is 1. The minimum atomic E-state index is 0.785. The lowest BCUT2D eigenvalue weighted by Gasteiger charge is -2.26. The van der Waals surface area contributed by atoms with Gasteiger partial charge in [-0.25, -0.2) is 0 Å². The zero-order valence-electron chi connectivity index (χ0n) is 15.8. The summed E-state index contributed by atoms with van der Waals surface area (Å²) < 4.78 is 10.7. The summed E-state index contributed by atoms with van der Waals surface area (Å²) in [5.74, 6) is 2.58. The quantitative estimate of drug-likeness (QED) is 0.555. The van der Waals surface area contributed by atoms with E-state index in [1.807, 2.05) is 25.2 Å². The molecule has 6 nitrogen and oxygen atoms in total. The minimum Gasteiger partial charge on any atom is -0.497 e. The fourth-order valence-electron chi connectivity index (χ4n) is 3.13. The highest BCUT2D eigenvalue weighted by atomic mass is 16.5. The number of rotatable bonds is 8. The molecular formula is C19H32N4O2. The first-order valence-electron chi connectivity index (χ1n) is 9.14. The highest BCUT2D eigenvalue weighted by Gasteiger charge is 2.09. The normalized spacial score (nSPS) is 15.7. The Kier molecular flexibility index (Phi) is 8.39. The topological polar surface area (TPSA) is 58.1 Å². The fourth-order valence-corrected chi connectivity index (χ4v) is 3.13. The van der Waals surface area contributed by atoms with E-state index in [9.17, 15) is 0 Å². The van der Waals surface area contributed by atoms with Crippen LogP contribution < -0.4 is 20.1 Å². The van der Waals surface area contributed by atoms with Crippen LogP contribution in [0.5, 0.6) is 11.5 Å². The van der Waals surface area contributed by atoms with Crippen molar-refractivity contribution in [2.24, 2.45) is 4.99 Å². The molecule has 0 bridgehead atoms. The Morgan fingerprint density at radius 2 is 1.84 bits per heavy atom. The van der Waals surface area contributed by atoms with E-state index >= 15 is 0 Å². The number of methoxy groups -OCH3 is 2. The first-order chi connectivity index (χ1) is 12.3. The zero-order valence-corrected chi connectivity index (χ0v) is 15.8. The van der Waals surface area contributed by atoms with Crippen molar-refractivity contribution in [2.45, 2.75) is 25.7 Å². The van der Waals surface area contributed by atoms with E-state index in [0.717, 1.165) is 49.1 Å². The number of aliphatic imine (C=N–C) groups is 1. The van der Waals surface area contributed by atoms with Crippen LogP contribution in [0.2, 0.25) is 0 Å². The van der Waals surface area contributed by atoms with Crippen LogP contribution >= 0.6 is 0 Å². The smallest absolute Gasteiger partial charge is 0.191 e. The third-order valence-electron chi connectivity index (χ3n) is 4.57. The Bertz CT molecular complexity index is 542. The lowest BCUT2D eigenvalue weighted by Crippen LogP contribution is -2.43. The van der Waals surface area contributed by atoms with Gasteiger partial charge in [0, 0.05) is 26.7 Å². The second kappa shape index (κ2) is 10.8. The van der Waals surface area contributed by atoms with E-state index in [0.29, 0.717) is 0 Å². The van der Waals surface area contributed by atoms with Gasteiger partial charge in [0.2, 0.25) is 0 Å². The van der Waals surface area contributed by atoms with E-state index in [1.54, 1.807) is 14.2 Å². The van der Waals surface area contributed by atoms with Gasteiger partial charge in [0.25, 0.3) is 0 Å². The average Bonchev–Trinajstić information content (AvgIpc) is 2.67. The molecule has 1 aliphatic heterocycles. The number of nitrogens with zero attached hydrogens (tertiary/aromatic N) is 2. The summed E-state index contributed by atoms with van der Waals surface area (Å²) in [6, 6.07) is 5.88. The molecule has 0 radical (unpaired) electrons. The number of nitrogens with one attached hydrogen (secondary N) is 2. The van der Waals surface area contributed by atoms with Crippen molar-refractivity contribution < 1.29 is 9.47 Å². The molecule has 6 heteroatoms. The van der Waals surface area contributed by atoms with E-state index in [2.05, 4.69) is 20.5 Å². The monoisotopic (exact) mass is 348 g/mol. The largest absolute Gasteiger partial charge is 0.497 e. The van der Waals surface area contributed by atoms with Crippen LogP contribution in [-0.4, -0.2) is 64.9 Å². The SMILES string of the molecule is CN=C(NCCc1cc(OC)ccc1OC)NCCN1CCCCC1. The molecule has 1 fully saturated rings. The van der Waals surface area contributed by atoms with Gasteiger partial charge in [0.1, 0.15) is 11.5 Å². The van der Waals surface area contributed by atoms with Crippen LogP contribution in [0.15, 0.2) is 23.2 Å². The van der Waals surface area contributed by atoms with Crippen LogP contribution in [0.1, 0.15) is 24.8 Å². The third-order valence-corrected chi connectivity index (χ3v) is 4.57. The van der Waals surface area contributed by atoms with Crippen molar-refractivity contribution in [1.82, 2.24) is 15.5 Å². The van der Waals surface area contributed by atoms with E-state index in [-0.39, 0.29) is 0 Å². The average molecular weight is 348 g/mol. The van der Waals surface area contributed by atoms with E-state index in [4.69, 9.17) is 9.47 Å². The molecule has 0 aromatic heterocycles. The number of hydrogen-bond acceptors (Lipinski definition) is 4. The van der Waals surface area contributed by atoms with Gasteiger partial charge >= 0.3 is 0 Å². The van der Waals surface area contributed by atoms with Crippen molar-refractivity contribution in [3.8, 4) is 11.5 Å². The Morgan fingerprint density at radius 3 is 2.52 bits per heavy atom.